The zero-order valence-corrected chi connectivity index (χ0v) is 8.38. The summed E-state index contributed by atoms with van der Waals surface area (Å²) in [5.74, 6) is 0. The fourth-order valence-electron chi connectivity index (χ4n) is 3.58. The van der Waals surface area contributed by atoms with Crippen molar-refractivity contribution in [3.05, 3.63) is 0 Å². The quantitative estimate of drug-likeness (QED) is 0.524. The van der Waals surface area contributed by atoms with Gasteiger partial charge in [0, 0.05) is 0 Å². The van der Waals surface area contributed by atoms with Crippen LogP contribution in [0.4, 0.5) is 0 Å². The lowest BCUT2D eigenvalue weighted by Gasteiger charge is -2.46. The van der Waals surface area contributed by atoms with Crippen LogP contribution in [0, 0.1) is 0 Å². The van der Waals surface area contributed by atoms with E-state index < -0.39 is 0 Å². The first-order chi connectivity index (χ1) is 6.64. The molecule has 0 aromatic carbocycles. The summed E-state index contributed by atoms with van der Waals surface area (Å²) in [4.78, 5) is 0. The fraction of sp³-hybridized carbons (Fsp3) is 1.00. The van der Waals surface area contributed by atoms with Crippen molar-refractivity contribution < 1.29 is 9.84 Å². The first-order valence-electron chi connectivity index (χ1n) is 5.45. The monoisotopic (exact) mass is 198 g/mol. The maximum absolute atomic E-state index is 9.30. The maximum Gasteiger partial charge on any atom is 0.0957 e. The van der Waals surface area contributed by atoms with Gasteiger partial charge in [-0.25, -0.2) is 0 Å². The van der Waals surface area contributed by atoms with Gasteiger partial charge in [0.2, 0.25) is 0 Å². The highest BCUT2D eigenvalue weighted by Crippen LogP contribution is 2.61. The molecule has 3 aliphatic heterocycles. The number of piperidine rings is 1. The SMILES string of the molecule is NC12CC(CO)(C1)OC21CCNCC1. The number of aliphatic hydroxyl groups excluding tert-OH is 1. The molecule has 0 atom stereocenters. The smallest absolute Gasteiger partial charge is 0.0957 e. The second-order valence-corrected chi connectivity index (χ2v) is 5.20. The highest BCUT2D eigenvalue weighted by Gasteiger charge is 2.72. The predicted octanol–water partition coefficient (Wildman–Crippen LogP) is -0.639. The Hall–Kier alpha value is -0.160. The van der Waals surface area contributed by atoms with Gasteiger partial charge in [0.25, 0.3) is 0 Å². The van der Waals surface area contributed by atoms with Crippen molar-refractivity contribution in [3.8, 4) is 0 Å². The summed E-state index contributed by atoms with van der Waals surface area (Å²) in [5, 5.41) is 12.6. The van der Waals surface area contributed by atoms with Crippen molar-refractivity contribution in [3.63, 3.8) is 0 Å². The molecular weight excluding hydrogens is 180 g/mol. The van der Waals surface area contributed by atoms with E-state index in [1.165, 1.54) is 0 Å². The number of hydrogen-bond acceptors (Lipinski definition) is 4. The van der Waals surface area contributed by atoms with Crippen molar-refractivity contribution in [2.45, 2.75) is 42.4 Å². The van der Waals surface area contributed by atoms with Crippen LogP contribution in [0.2, 0.25) is 0 Å². The van der Waals surface area contributed by atoms with Crippen molar-refractivity contribution >= 4 is 0 Å². The van der Waals surface area contributed by atoms with E-state index in [9.17, 15) is 5.11 Å². The van der Waals surface area contributed by atoms with Crippen molar-refractivity contribution in [2.24, 2.45) is 5.73 Å². The molecule has 4 N–H and O–H groups in total. The Kier molecular flexibility index (Phi) is 1.62. The van der Waals surface area contributed by atoms with E-state index in [1.807, 2.05) is 0 Å². The molecule has 4 aliphatic rings. The predicted molar refractivity (Wildman–Crippen MR) is 51.9 cm³/mol. The lowest BCUT2D eigenvalue weighted by Crippen LogP contribution is -2.64. The van der Waals surface area contributed by atoms with Gasteiger partial charge in [-0.15, -0.1) is 0 Å². The Balaban J connectivity index is 1.88. The standard InChI is InChI=1S/C10H18N2O2/c11-9-5-8(6-9,7-13)14-10(9)1-3-12-4-2-10/h12-13H,1-7,11H2. The zero-order valence-electron chi connectivity index (χ0n) is 8.38. The van der Waals surface area contributed by atoms with E-state index in [2.05, 4.69) is 5.32 Å². The van der Waals surface area contributed by atoms with Crippen molar-refractivity contribution in [1.82, 2.24) is 5.32 Å². The van der Waals surface area contributed by atoms with Crippen LogP contribution in [-0.2, 0) is 4.74 Å². The minimum atomic E-state index is -0.286. The number of hydrogen-bond donors (Lipinski definition) is 3. The second kappa shape index (κ2) is 2.50. The van der Waals surface area contributed by atoms with Crippen LogP contribution in [0.3, 0.4) is 0 Å². The zero-order chi connectivity index (χ0) is 9.86. The van der Waals surface area contributed by atoms with Crippen LogP contribution in [-0.4, -0.2) is 41.5 Å². The lowest BCUT2D eigenvalue weighted by molar-refractivity contribution is -0.106. The Morgan fingerprint density at radius 3 is 2.43 bits per heavy atom. The molecule has 0 radical (unpaired) electrons. The summed E-state index contributed by atoms with van der Waals surface area (Å²) < 4.78 is 6.09. The fourth-order valence-corrected chi connectivity index (χ4v) is 3.58. The molecule has 3 saturated heterocycles. The van der Waals surface area contributed by atoms with Crippen molar-refractivity contribution in [2.75, 3.05) is 19.7 Å². The number of aliphatic hydroxyl groups is 1. The normalized spacial score (nSPS) is 49.3. The van der Waals surface area contributed by atoms with Crippen LogP contribution in [0.5, 0.6) is 0 Å². The van der Waals surface area contributed by atoms with Gasteiger partial charge in [0.1, 0.15) is 0 Å². The molecule has 0 amide bonds. The van der Waals surface area contributed by atoms with E-state index in [4.69, 9.17) is 10.5 Å². The Labute approximate surface area is 83.8 Å². The van der Waals surface area contributed by atoms with Crippen LogP contribution < -0.4 is 11.1 Å². The molecule has 4 fully saturated rings. The summed E-state index contributed by atoms with van der Waals surface area (Å²) >= 11 is 0. The van der Waals surface area contributed by atoms with E-state index in [-0.39, 0.29) is 23.3 Å². The minimum Gasteiger partial charge on any atom is -0.393 e. The van der Waals surface area contributed by atoms with Crippen LogP contribution in [0.1, 0.15) is 25.7 Å². The molecule has 0 aromatic rings. The van der Waals surface area contributed by atoms with Gasteiger partial charge in [-0.1, -0.05) is 0 Å². The summed E-state index contributed by atoms with van der Waals surface area (Å²) in [6, 6.07) is 0. The van der Waals surface area contributed by atoms with Gasteiger partial charge in [0.15, 0.2) is 0 Å². The summed E-state index contributed by atoms with van der Waals surface area (Å²) in [7, 11) is 0. The molecule has 4 rings (SSSR count). The molecule has 3 heterocycles. The van der Waals surface area contributed by atoms with Crippen LogP contribution in [0.15, 0.2) is 0 Å². The van der Waals surface area contributed by atoms with Crippen LogP contribution in [0.25, 0.3) is 0 Å². The molecule has 0 unspecified atom stereocenters. The van der Waals surface area contributed by atoms with Crippen LogP contribution >= 0.6 is 0 Å². The van der Waals surface area contributed by atoms with Gasteiger partial charge in [-0.3, -0.25) is 0 Å². The molecule has 4 heteroatoms. The number of nitrogens with two attached hydrogens (primary N) is 1. The molecule has 0 aromatic heterocycles. The topological polar surface area (TPSA) is 67.5 Å². The van der Waals surface area contributed by atoms with E-state index in [0.29, 0.717) is 0 Å². The summed E-state index contributed by atoms with van der Waals surface area (Å²) in [5.41, 5.74) is 5.77. The molecule has 1 aliphatic carbocycles. The third-order valence-electron chi connectivity index (χ3n) is 4.29. The summed E-state index contributed by atoms with van der Waals surface area (Å²) in [6.45, 7) is 2.10. The van der Waals surface area contributed by atoms with E-state index in [1.54, 1.807) is 0 Å². The highest BCUT2D eigenvalue weighted by atomic mass is 16.6. The lowest BCUT2D eigenvalue weighted by atomic mass is 9.61. The van der Waals surface area contributed by atoms with E-state index in [0.717, 1.165) is 38.8 Å². The first-order valence-corrected chi connectivity index (χ1v) is 5.45. The molecule has 1 saturated carbocycles. The molecule has 4 nitrogen and oxygen atoms in total. The van der Waals surface area contributed by atoms with E-state index >= 15 is 0 Å². The first kappa shape index (κ1) is 9.09. The molecule has 1 spiro atoms. The Morgan fingerprint density at radius 1 is 1.29 bits per heavy atom. The number of rotatable bonds is 1. The van der Waals surface area contributed by atoms with Gasteiger partial charge < -0.3 is 20.9 Å². The average molecular weight is 198 g/mol. The van der Waals surface area contributed by atoms with Crippen molar-refractivity contribution in [1.29, 1.82) is 0 Å². The molecule has 80 valence electrons. The number of nitrogens with one attached hydrogen (secondary N) is 1. The third kappa shape index (κ3) is 0.877. The third-order valence-corrected chi connectivity index (χ3v) is 4.29. The van der Waals surface area contributed by atoms with Gasteiger partial charge in [0.05, 0.1) is 23.3 Å². The highest BCUT2D eigenvalue weighted by molar-refractivity contribution is 5.27. The molecule has 2 bridgehead atoms. The maximum atomic E-state index is 9.30. The minimum absolute atomic E-state index is 0.126. The van der Waals surface area contributed by atoms with Gasteiger partial charge in [-0.2, -0.15) is 0 Å². The van der Waals surface area contributed by atoms with Gasteiger partial charge in [-0.05, 0) is 38.8 Å². The Bertz CT molecular complexity index is 255. The Morgan fingerprint density at radius 2 is 1.93 bits per heavy atom. The molecule has 14 heavy (non-hydrogen) atoms. The summed E-state index contributed by atoms with van der Waals surface area (Å²) in [6.07, 6.45) is 3.67. The average Bonchev–Trinajstić information content (AvgIpc) is 2.50. The van der Waals surface area contributed by atoms with Gasteiger partial charge >= 0.3 is 0 Å². The largest absolute Gasteiger partial charge is 0.393 e. The molecular formula is C10H18N2O2. The second-order valence-electron chi connectivity index (χ2n) is 5.20. The number of ether oxygens (including phenoxy) is 1.